The van der Waals surface area contributed by atoms with Crippen LogP contribution in [0.25, 0.3) is 0 Å². The van der Waals surface area contributed by atoms with Crippen molar-refractivity contribution in [3.8, 4) is 0 Å². The summed E-state index contributed by atoms with van der Waals surface area (Å²) in [5.74, 6) is 0.670. The van der Waals surface area contributed by atoms with Crippen LogP contribution in [0, 0.1) is 0 Å². The smallest absolute Gasteiger partial charge is 0.327 e. The molecule has 2 aliphatic rings. The standard InChI is InChI=1S/C10H15NO3S2/c1-6-11(7(5-16-6)10(13)14)9(12)8-3-2-4-15-8/h6-8H,2-5H2,1H3,(H,13,14). The van der Waals surface area contributed by atoms with Crippen molar-refractivity contribution in [2.45, 2.75) is 36.4 Å². The van der Waals surface area contributed by atoms with E-state index >= 15 is 0 Å². The summed E-state index contributed by atoms with van der Waals surface area (Å²) < 4.78 is 0. The molecule has 0 bridgehead atoms. The number of aliphatic carboxylic acids is 1. The lowest BCUT2D eigenvalue weighted by Gasteiger charge is -2.27. The summed E-state index contributed by atoms with van der Waals surface area (Å²) in [5, 5.41) is 9.06. The van der Waals surface area contributed by atoms with Crippen molar-refractivity contribution in [1.29, 1.82) is 0 Å². The van der Waals surface area contributed by atoms with Crippen molar-refractivity contribution in [3.63, 3.8) is 0 Å². The quantitative estimate of drug-likeness (QED) is 0.811. The highest BCUT2D eigenvalue weighted by Crippen LogP contribution is 2.34. The average Bonchev–Trinajstić information content (AvgIpc) is 2.84. The second kappa shape index (κ2) is 4.87. The maximum Gasteiger partial charge on any atom is 0.327 e. The molecule has 0 aromatic heterocycles. The molecule has 3 unspecified atom stereocenters. The van der Waals surface area contributed by atoms with Crippen LogP contribution < -0.4 is 0 Å². The van der Waals surface area contributed by atoms with Crippen molar-refractivity contribution in [3.05, 3.63) is 0 Å². The van der Waals surface area contributed by atoms with E-state index in [1.165, 1.54) is 0 Å². The Kier molecular flexibility index (Phi) is 3.69. The van der Waals surface area contributed by atoms with E-state index in [1.54, 1.807) is 28.4 Å². The fraction of sp³-hybridized carbons (Fsp3) is 0.800. The lowest BCUT2D eigenvalue weighted by molar-refractivity contribution is -0.148. The number of carbonyl (C=O) groups excluding carboxylic acids is 1. The van der Waals surface area contributed by atoms with Crippen molar-refractivity contribution in [2.75, 3.05) is 11.5 Å². The van der Waals surface area contributed by atoms with Gasteiger partial charge in [0.05, 0.1) is 10.6 Å². The Morgan fingerprint density at radius 3 is 2.69 bits per heavy atom. The summed E-state index contributed by atoms with van der Waals surface area (Å²) in [5.41, 5.74) is 0. The van der Waals surface area contributed by atoms with Gasteiger partial charge in [0.2, 0.25) is 5.91 Å². The van der Waals surface area contributed by atoms with Crippen LogP contribution >= 0.6 is 23.5 Å². The van der Waals surface area contributed by atoms with Gasteiger partial charge in [0.1, 0.15) is 6.04 Å². The van der Waals surface area contributed by atoms with E-state index < -0.39 is 12.0 Å². The Hall–Kier alpha value is -0.360. The van der Waals surface area contributed by atoms with Crippen LogP contribution in [0.5, 0.6) is 0 Å². The molecule has 2 saturated heterocycles. The van der Waals surface area contributed by atoms with Crippen LogP contribution in [0.2, 0.25) is 0 Å². The maximum absolute atomic E-state index is 12.2. The third-order valence-electron chi connectivity index (χ3n) is 2.97. The number of thioether (sulfide) groups is 2. The molecular weight excluding hydrogens is 246 g/mol. The number of hydrogen-bond acceptors (Lipinski definition) is 4. The second-order valence-electron chi connectivity index (χ2n) is 4.03. The van der Waals surface area contributed by atoms with Crippen LogP contribution in [-0.4, -0.2) is 50.1 Å². The van der Waals surface area contributed by atoms with Gasteiger partial charge in [0.25, 0.3) is 0 Å². The predicted octanol–water partition coefficient (Wildman–Crippen LogP) is 1.26. The van der Waals surface area contributed by atoms with Gasteiger partial charge in [-0.3, -0.25) is 4.79 Å². The van der Waals surface area contributed by atoms with Crippen LogP contribution in [0.15, 0.2) is 0 Å². The van der Waals surface area contributed by atoms with E-state index in [0.717, 1.165) is 18.6 Å². The summed E-state index contributed by atoms with van der Waals surface area (Å²) in [6.07, 6.45) is 1.96. The van der Waals surface area contributed by atoms with Crippen LogP contribution in [0.1, 0.15) is 19.8 Å². The summed E-state index contributed by atoms with van der Waals surface area (Å²) in [7, 11) is 0. The monoisotopic (exact) mass is 261 g/mol. The number of carboxylic acid groups (broad SMARTS) is 1. The molecule has 2 rings (SSSR count). The van der Waals surface area contributed by atoms with E-state index in [-0.39, 0.29) is 16.5 Å². The Labute approximate surface area is 103 Å². The minimum Gasteiger partial charge on any atom is -0.480 e. The molecule has 0 radical (unpaired) electrons. The zero-order valence-electron chi connectivity index (χ0n) is 9.09. The molecule has 4 nitrogen and oxygen atoms in total. The van der Waals surface area contributed by atoms with E-state index in [0.29, 0.717) is 5.75 Å². The van der Waals surface area contributed by atoms with E-state index in [4.69, 9.17) is 5.11 Å². The lowest BCUT2D eigenvalue weighted by atomic mass is 10.2. The molecule has 0 spiro atoms. The van der Waals surface area contributed by atoms with Crippen LogP contribution in [0.4, 0.5) is 0 Å². The summed E-state index contributed by atoms with van der Waals surface area (Å²) in [6.45, 7) is 1.91. The normalized spacial score (nSPS) is 34.3. The minimum atomic E-state index is -0.881. The van der Waals surface area contributed by atoms with Gasteiger partial charge in [-0.25, -0.2) is 4.79 Å². The van der Waals surface area contributed by atoms with Gasteiger partial charge in [-0.2, -0.15) is 0 Å². The number of rotatable bonds is 2. The molecule has 90 valence electrons. The number of carbonyl (C=O) groups is 2. The zero-order valence-corrected chi connectivity index (χ0v) is 10.7. The lowest BCUT2D eigenvalue weighted by Crippen LogP contribution is -2.47. The average molecular weight is 261 g/mol. The summed E-state index contributed by atoms with van der Waals surface area (Å²) in [4.78, 5) is 24.8. The molecule has 0 aliphatic carbocycles. The molecule has 2 aliphatic heterocycles. The molecule has 1 amide bonds. The highest BCUT2D eigenvalue weighted by molar-refractivity contribution is 8.01. The molecule has 2 heterocycles. The molecule has 16 heavy (non-hydrogen) atoms. The van der Waals surface area contributed by atoms with Gasteiger partial charge in [0.15, 0.2) is 0 Å². The van der Waals surface area contributed by atoms with Gasteiger partial charge in [-0.15, -0.1) is 23.5 Å². The fourth-order valence-corrected chi connectivity index (χ4v) is 4.50. The third kappa shape index (κ3) is 2.18. The molecule has 2 fully saturated rings. The van der Waals surface area contributed by atoms with Crippen molar-refractivity contribution < 1.29 is 14.7 Å². The largest absolute Gasteiger partial charge is 0.480 e. The summed E-state index contributed by atoms with van der Waals surface area (Å²) in [6, 6.07) is -0.631. The first-order chi connectivity index (χ1) is 7.61. The molecule has 6 heteroatoms. The first-order valence-electron chi connectivity index (χ1n) is 5.39. The third-order valence-corrected chi connectivity index (χ3v) is 5.55. The highest BCUT2D eigenvalue weighted by atomic mass is 32.2. The van der Waals surface area contributed by atoms with Gasteiger partial charge < -0.3 is 10.0 Å². The molecule has 0 aromatic rings. The van der Waals surface area contributed by atoms with Crippen LogP contribution in [0.3, 0.4) is 0 Å². The number of carboxylic acids is 1. The zero-order chi connectivity index (χ0) is 11.7. The second-order valence-corrected chi connectivity index (χ2v) is 6.69. The van der Waals surface area contributed by atoms with Crippen LogP contribution in [-0.2, 0) is 9.59 Å². The summed E-state index contributed by atoms with van der Waals surface area (Å²) >= 11 is 3.20. The molecule has 1 N–H and O–H groups in total. The SMILES string of the molecule is CC1SCC(C(=O)O)N1C(=O)C1CCCS1. The molecular formula is C10H15NO3S2. The van der Waals surface area contributed by atoms with Gasteiger partial charge in [0, 0.05) is 5.75 Å². The Bertz CT molecular complexity index is 304. The maximum atomic E-state index is 12.2. The molecule has 0 aromatic carbocycles. The Morgan fingerprint density at radius 1 is 1.38 bits per heavy atom. The van der Waals surface area contributed by atoms with Gasteiger partial charge >= 0.3 is 5.97 Å². The van der Waals surface area contributed by atoms with Gasteiger partial charge in [-0.05, 0) is 25.5 Å². The molecule has 3 atom stereocenters. The topological polar surface area (TPSA) is 57.6 Å². The first kappa shape index (κ1) is 12.1. The van der Waals surface area contributed by atoms with E-state index in [1.807, 2.05) is 6.92 Å². The Balaban J connectivity index is 2.10. The minimum absolute atomic E-state index is 0.00481. The number of nitrogens with zero attached hydrogens (tertiary/aromatic N) is 1. The Morgan fingerprint density at radius 2 is 2.12 bits per heavy atom. The predicted molar refractivity (Wildman–Crippen MR) is 65.7 cm³/mol. The highest BCUT2D eigenvalue weighted by Gasteiger charge is 2.42. The fourth-order valence-electron chi connectivity index (χ4n) is 2.11. The number of amides is 1. The van der Waals surface area contributed by atoms with Crippen molar-refractivity contribution in [2.24, 2.45) is 0 Å². The number of hydrogen-bond donors (Lipinski definition) is 1. The van der Waals surface area contributed by atoms with E-state index in [9.17, 15) is 9.59 Å². The van der Waals surface area contributed by atoms with E-state index in [2.05, 4.69) is 0 Å². The molecule has 0 saturated carbocycles. The first-order valence-corrected chi connectivity index (χ1v) is 7.49. The van der Waals surface area contributed by atoms with Crippen molar-refractivity contribution in [1.82, 2.24) is 4.90 Å². The van der Waals surface area contributed by atoms with Gasteiger partial charge in [-0.1, -0.05) is 0 Å². The van der Waals surface area contributed by atoms with Crippen molar-refractivity contribution >= 4 is 35.4 Å².